The maximum atomic E-state index is 9.60. The largest absolute Gasteiger partial charge is 0.481 e. The first kappa shape index (κ1) is 15.2. The van der Waals surface area contributed by atoms with Crippen molar-refractivity contribution in [2.24, 2.45) is 0 Å². The van der Waals surface area contributed by atoms with Gasteiger partial charge in [-0.05, 0) is 13.3 Å². The Morgan fingerprint density at radius 1 is 1.54 bits per heavy atom. The van der Waals surface area contributed by atoms with Crippen molar-refractivity contribution in [3.63, 3.8) is 0 Å². The molecule has 1 atom stereocenters. The van der Waals surface area contributed by atoms with Crippen molar-refractivity contribution in [2.45, 2.75) is 32.3 Å². The third-order valence-electron chi connectivity index (χ3n) is 1.15. The molecule has 0 aliphatic rings. The van der Waals surface area contributed by atoms with Crippen LogP contribution in [0, 0.1) is 0 Å². The number of aliphatic carboxylic acids is 1. The normalized spacial score (nSPS) is 13.9. The highest BCUT2D eigenvalue weighted by molar-refractivity contribution is 7.80. The predicted octanol–water partition coefficient (Wildman–Crippen LogP) is 0.531. The Balaban J connectivity index is 0. The van der Waals surface area contributed by atoms with Crippen LogP contribution >= 0.6 is 12.6 Å². The van der Waals surface area contributed by atoms with E-state index < -0.39 is 11.6 Å². The molecule has 0 heterocycles. The van der Waals surface area contributed by atoms with Gasteiger partial charge in [-0.15, -0.1) is 0 Å². The van der Waals surface area contributed by atoms with E-state index in [1.807, 2.05) is 6.92 Å². The molecular formula is C8H18O4S. The van der Waals surface area contributed by atoms with Crippen molar-refractivity contribution in [1.82, 2.24) is 0 Å². The third kappa shape index (κ3) is 14.6. The van der Waals surface area contributed by atoms with Crippen LogP contribution in [0.25, 0.3) is 0 Å². The summed E-state index contributed by atoms with van der Waals surface area (Å²) in [7, 11) is 0. The number of thiol groups is 1. The fourth-order valence-electron chi connectivity index (χ4n) is 0.264. The van der Waals surface area contributed by atoms with E-state index in [1.54, 1.807) is 0 Å². The van der Waals surface area contributed by atoms with Crippen LogP contribution in [-0.2, 0) is 4.79 Å². The summed E-state index contributed by atoms with van der Waals surface area (Å²) in [5.41, 5.74) is -0.997. The molecule has 13 heavy (non-hydrogen) atoms. The van der Waals surface area contributed by atoms with Crippen molar-refractivity contribution in [2.75, 3.05) is 12.4 Å². The van der Waals surface area contributed by atoms with Gasteiger partial charge in [0.2, 0.25) is 0 Å². The molecule has 0 fully saturated rings. The molecule has 0 spiro atoms. The smallest absolute Gasteiger partial charge is 0.303 e. The topological polar surface area (TPSA) is 77.8 Å². The van der Waals surface area contributed by atoms with Crippen molar-refractivity contribution in [1.29, 1.82) is 0 Å². The van der Waals surface area contributed by atoms with Crippen LogP contribution in [-0.4, -0.2) is 39.2 Å². The summed E-state index contributed by atoms with van der Waals surface area (Å²) in [4.78, 5) is 9.60. The summed E-state index contributed by atoms with van der Waals surface area (Å²) in [5.74, 6) is -0.416. The maximum Gasteiger partial charge on any atom is 0.303 e. The summed E-state index contributed by atoms with van der Waals surface area (Å²) in [6.45, 7) is 3.14. The van der Waals surface area contributed by atoms with Crippen LogP contribution in [0.1, 0.15) is 26.7 Å². The second kappa shape index (κ2) is 8.34. The lowest BCUT2D eigenvalue weighted by Gasteiger charge is -2.15. The van der Waals surface area contributed by atoms with Crippen molar-refractivity contribution in [3.05, 3.63) is 0 Å². The number of aliphatic hydroxyl groups is 2. The SMILES string of the molecule is CC(O)(CO)CS.CCCC(=O)O. The highest BCUT2D eigenvalue weighted by atomic mass is 32.1. The highest BCUT2D eigenvalue weighted by Crippen LogP contribution is 2.01. The van der Waals surface area contributed by atoms with Crippen LogP contribution in [0.3, 0.4) is 0 Å². The summed E-state index contributed by atoms with van der Waals surface area (Å²) >= 11 is 3.77. The maximum absolute atomic E-state index is 9.60. The van der Waals surface area contributed by atoms with E-state index in [1.165, 1.54) is 6.92 Å². The Morgan fingerprint density at radius 2 is 2.00 bits per heavy atom. The van der Waals surface area contributed by atoms with Crippen LogP contribution in [0.4, 0.5) is 0 Å². The summed E-state index contributed by atoms with van der Waals surface area (Å²) < 4.78 is 0. The fourth-order valence-corrected chi connectivity index (χ4v) is 0.364. The molecule has 0 rings (SSSR count). The minimum Gasteiger partial charge on any atom is -0.481 e. The second-order valence-corrected chi connectivity index (χ2v) is 3.27. The van der Waals surface area contributed by atoms with Crippen LogP contribution in [0.15, 0.2) is 0 Å². The number of aliphatic hydroxyl groups excluding tert-OH is 1. The molecule has 0 aromatic carbocycles. The van der Waals surface area contributed by atoms with Gasteiger partial charge in [-0.25, -0.2) is 0 Å². The Morgan fingerprint density at radius 3 is 2.00 bits per heavy atom. The fraction of sp³-hybridized carbons (Fsp3) is 0.875. The lowest BCUT2D eigenvalue weighted by Crippen LogP contribution is -2.30. The molecule has 0 aliphatic carbocycles. The lowest BCUT2D eigenvalue weighted by atomic mass is 10.2. The van der Waals surface area contributed by atoms with E-state index in [0.717, 1.165) is 6.42 Å². The first-order chi connectivity index (χ1) is 5.89. The molecule has 1 unspecified atom stereocenters. The van der Waals surface area contributed by atoms with E-state index >= 15 is 0 Å². The Hall–Kier alpha value is -0.260. The third-order valence-corrected chi connectivity index (χ3v) is 1.83. The number of rotatable bonds is 4. The number of carboxylic acid groups (broad SMARTS) is 1. The van der Waals surface area contributed by atoms with E-state index in [2.05, 4.69) is 12.6 Å². The number of hydrogen-bond donors (Lipinski definition) is 4. The van der Waals surface area contributed by atoms with Crippen LogP contribution < -0.4 is 0 Å². The van der Waals surface area contributed by atoms with Gasteiger partial charge in [0, 0.05) is 12.2 Å². The Labute approximate surface area is 84.0 Å². The van der Waals surface area contributed by atoms with Gasteiger partial charge in [-0.3, -0.25) is 4.79 Å². The van der Waals surface area contributed by atoms with Gasteiger partial charge in [-0.2, -0.15) is 12.6 Å². The van der Waals surface area contributed by atoms with Gasteiger partial charge < -0.3 is 15.3 Å². The molecule has 0 amide bonds. The van der Waals surface area contributed by atoms with Gasteiger partial charge in [0.05, 0.1) is 12.2 Å². The summed E-state index contributed by atoms with van der Waals surface area (Å²) in [5, 5.41) is 25.0. The van der Waals surface area contributed by atoms with Crippen molar-refractivity contribution >= 4 is 18.6 Å². The first-order valence-electron chi connectivity index (χ1n) is 4.05. The number of hydrogen-bond acceptors (Lipinski definition) is 4. The van der Waals surface area contributed by atoms with Crippen LogP contribution in [0.5, 0.6) is 0 Å². The zero-order valence-electron chi connectivity index (χ0n) is 8.03. The van der Waals surface area contributed by atoms with E-state index in [4.69, 9.17) is 15.3 Å². The van der Waals surface area contributed by atoms with Gasteiger partial charge in [0.25, 0.3) is 0 Å². The standard InChI is InChI=1S/C4H10O2S.C4H8O2/c1-4(6,2-5)3-7;1-2-3-4(5)6/h5-7H,2-3H2,1H3;2-3H2,1H3,(H,5,6). The molecule has 0 bridgehead atoms. The predicted molar refractivity (Wildman–Crippen MR) is 54.1 cm³/mol. The minimum absolute atomic E-state index is 0.226. The molecular weight excluding hydrogens is 192 g/mol. The molecule has 0 radical (unpaired) electrons. The van der Waals surface area contributed by atoms with Crippen molar-refractivity contribution < 1.29 is 20.1 Å². The first-order valence-corrected chi connectivity index (χ1v) is 4.68. The molecule has 0 aliphatic heterocycles. The lowest BCUT2D eigenvalue weighted by molar-refractivity contribution is -0.137. The Bertz CT molecular complexity index is 130. The van der Waals surface area contributed by atoms with E-state index in [9.17, 15) is 4.79 Å². The van der Waals surface area contributed by atoms with Gasteiger partial charge in [0.15, 0.2) is 0 Å². The van der Waals surface area contributed by atoms with Gasteiger partial charge in [0.1, 0.15) is 0 Å². The zero-order chi connectivity index (χ0) is 10.9. The summed E-state index contributed by atoms with van der Waals surface area (Å²) in [6.07, 6.45) is 1.02. The minimum atomic E-state index is -0.997. The highest BCUT2D eigenvalue weighted by Gasteiger charge is 2.14. The monoisotopic (exact) mass is 210 g/mol. The average Bonchev–Trinajstić information content (AvgIpc) is 2.05. The molecule has 0 aromatic heterocycles. The van der Waals surface area contributed by atoms with Crippen molar-refractivity contribution in [3.8, 4) is 0 Å². The van der Waals surface area contributed by atoms with Gasteiger partial charge in [-0.1, -0.05) is 6.92 Å². The Kier molecular flexibility index (Phi) is 9.77. The average molecular weight is 210 g/mol. The number of carbonyl (C=O) groups is 1. The van der Waals surface area contributed by atoms with E-state index in [-0.39, 0.29) is 6.61 Å². The van der Waals surface area contributed by atoms with E-state index in [0.29, 0.717) is 12.2 Å². The molecule has 0 aromatic rings. The zero-order valence-corrected chi connectivity index (χ0v) is 8.92. The quantitative estimate of drug-likeness (QED) is 0.510. The van der Waals surface area contributed by atoms with Crippen LogP contribution in [0.2, 0.25) is 0 Å². The molecule has 3 N–H and O–H groups in total. The number of carboxylic acids is 1. The second-order valence-electron chi connectivity index (χ2n) is 2.96. The molecule has 4 nitrogen and oxygen atoms in total. The molecule has 5 heteroatoms. The van der Waals surface area contributed by atoms with Gasteiger partial charge >= 0.3 is 5.97 Å². The molecule has 0 saturated heterocycles. The molecule has 80 valence electrons. The summed E-state index contributed by atoms with van der Waals surface area (Å²) in [6, 6.07) is 0. The molecule has 0 saturated carbocycles.